The summed E-state index contributed by atoms with van der Waals surface area (Å²) < 4.78 is 5.28. The summed E-state index contributed by atoms with van der Waals surface area (Å²) in [5.74, 6) is -0.448. The van der Waals surface area contributed by atoms with Crippen LogP contribution in [0, 0.1) is 10.5 Å². The number of ether oxygens (including phenoxy) is 1. The molecule has 1 aromatic carbocycles. The third-order valence-corrected chi connectivity index (χ3v) is 3.69. The van der Waals surface area contributed by atoms with Gasteiger partial charge in [0.05, 0.1) is 21.3 Å². The smallest absolute Gasteiger partial charge is 0.339 e. The van der Waals surface area contributed by atoms with Gasteiger partial charge in [0.15, 0.2) is 0 Å². The summed E-state index contributed by atoms with van der Waals surface area (Å²) in [5.41, 5.74) is 7.52. The molecule has 0 heterocycles. The van der Waals surface area contributed by atoms with E-state index in [2.05, 4.69) is 4.74 Å². The maximum Gasteiger partial charge on any atom is 0.339 e. The number of methoxy groups -OCH3 is 1. The molecule has 0 aliphatic carbocycles. The van der Waals surface area contributed by atoms with Gasteiger partial charge in [0.2, 0.25) is 0 Å². The number of halogens is 2. The van der Waals surface area contributed by atoms with E-state index in [1.807, 2.05) is 29.5 Å². The fourth-order valence-electron chi connectivity index (χ4n) is 1.03. The Kier molecular flexibility index (Phi) is 3.60. The van der Waals surface area contributed by atoms with Crippen LogP contribution >= 0.6 is 34.2 Å². The van der Waals surface area contributed by atoms with Crippen molar-refractivity contribution >= 4 is 45.8 Å². The van der Waals surface area contributed by atoms with Crippen LogP contribution in [0.4, 0.5) is 5.69 Å². The van der Waals surface area contributed by atoms with Gasteiger partial charge in [0.25, 0.3) is 0 Å². The van der Waals surface area contributed by atoms with Crippen LogP contribution in [0.1, 0.15) is 15.9 Å². The Bertz CT molecular complexity index is 393. The van der Waals surface area contributed by atoms with Gasteiger partial charge in [-0.1, -0.05) is 11.6 Å². The molecule has 0 unspecified atom stereocenters. The first-order valence-corrected chi connectivity index (χ1v) is 5.27. The number of nitrogens with two attached hydrogens (primary N) is 1. The summed E-state index contributed by atoms with van der Waals surface area (Å²) in [6, 6.07) is 1.63. The van der Waals surface area contributed by atoms with Gasteiger partial charge < -0.3 is 10.5 Å². The Morgan fingerprint density at radius 3 is 2.71 bits per heavy atom. The first-order chi connectivity index (χ1) is 6.49. The zero-order valence-corrected chi connectivity index (χ0v) is 10.6. The Balaban J connectivity index is 3.40. The molecule has 0 fully saturated rings. The minimum atomic E-state index is -0.448. The van der Waals surface area contributed by atoms with Gasteiger partial charge in [-0.2, -0.15) is 0 Å². The molecule has 1 rings (SSSR count). The topological polar surface area (TPSA) is 52.3 Å². The molecule has 14 heavy (non-hydrogen) atoms. The van der Waals surface area contributed by atoms with Gasteiger partial charge in [-0.05, 0) is 41.1 Å². The Labute approximate surface area is 101 Å². The van der Waals surface area contributed by atoms with Gasteiger partial charge >= 0.3 is 5.97 Å². The molecule has 5 heteroatoms. The lowest BCUT2D eigenvalue weighted by atomic mass is 10.1. The number of carbonyl (C=O) groups is 1. The normalized spacial score (nSPS) is 10.0. The average molecular weight is 326 g/mol. The van der Waals surface area contributed by atoms with Crippen LogP contribution in [0.25, 0.3) is 0 Å². The van der Waals surface area contributed by atoms with Gasteiger partial charge in [-0.15, -0.1) is 0 Å². The highest BCUT2D eigenvalue weighted by Crippen LogP contribution is 2.31. The van der Waals surface area contributed by atoms with Crippen molar-refractivity contribution in [3.63, 3.8) is 0 Å². The maximum atomic E-state index is 11.3. The van der Waals surface area contributed by atoms with Crippen molar-refractivity contribution in [1.82, 2.24) is 0 Å². The zero-order valence-electron chi connectivity index (χ0n) is 7.73. The van der Waals surface area contributed by atoms with Crippen LogP contribution < -0.4 is 5.73 Å². The molecule has 0 radical (unpaired) electrons. The van der Waals surface area contributed by atoms with Crippen molar-refractivity contribution in [2.24, 2.45) is 0 Å². The number of esters is 1. The Hall–Kier alpha value is -0.490. The highest BCUT2D eigenvalue weighted by Gasteiger charge is 2.16. The number of hydrogen-bond acceptors (Lipinski definition) is 3. The van der Waals surface area contributed by atoms with E-state index in [-0.39, 0.29) is 0 Å². The van der Waals surface area contributed by atoms with E-state index in [9.17, 15) is 4.79 Å². The molecular formula is C9H9ClINO2. The number of rotatable bonds is 1. The molecule has 0 aliphatic rings. The van der Waals surface area contributed by atoms with Crippen LogP contribution in [0.2, 0.25) is 5.02 Å². The standard InChI is InChI=1S/C9H9ClINO2/c1-4-3-5(9(13)14-2)6(10)7(11)8(4)12/h3H,12H2,1-2H3. The van der Waals surface area contributed by atoms with Gasteiger partial charge in [-0.25, -0.2) is 4.79 Å². The van der Waals surface area contributed by atoms with Crippen LogP contribution in [0.5, 0.6) is 0 Å². The largest absolute Gasteiger partial charge is 0.465 e. The molecule has 0 spiro atoms. The summed E-state index contributed by atoms with van der Waals surface area (Å²) in [6.45, 7) is 1.82. The SMILES string of the molecule is COC(=O)c1cc(C)c(N)c(I)c1Cl. The van der Waals surface area contributed by atoms with Crippen LogP contribution in [-0.4, -0.2) is 13.1 Å². The second-order valence-electron chi connectivity index (χ2n) is 2.77. The van der Waals surface area contributed by atoms with Crippen molar-refractivity contribution in [2.45, 2.75) is 6.92 Å². The van der Waals surface area contributed by atoms with Crippen molar-refractivity contribution in [3.05, 3.63) is 25.8 Å². The van der Waals surface area contributed by atoms with Crippen molar-refractivity contribution in [1.29, 1.82) is 0 Å². The molecular weight excluding hydrogens is 316 g/mol. The highest BCUT2D eigenvalue weighted by molar-refractivity contribution is 14.1. The zero-order chi connectivity index (χ0) is 10.9. The lowest BCUT2D eigenvalue weighted by molar-refractivity contribution is 0.0601. The highest BCUT2D eigenvalue weighted by atomic mass is 127. The lowest BCUT2D eigenvalue weighted by Crippen LogP contribution is -2.06. The summed E-state index contributed by atoms with van der Waals surface area (Å²) in [4.78, 5) is 11.3. The van der Waals surface area contributed by atoms with E-state index in [0.29, 0.717) is 19.8 Å². The third kappa shape index (κ3) is 1.95. The number of carbonyl (C=O) groups excluding carboxylic acids is 1. The fourth-order valence-corrected chi connectivity index (χ4v) is 1.98. The summed E-state index contributed by atoms with van der Waals surface area (Å²) in [6.07, 6.45) is 0. The van der Waals surface area contributed by atoms with Gasteiger partial charge in [-0.3, -0.25) is 0 Å². The molecule has 0 amide bonds. The van der Waals surface area contributed by atoms with Gasteiger partial charge in [0.1, 0.15) is 0 Å². The Morgan fingerprint density at radius 1 is 1.64 bits per heavy atom. The van der Waals surface area contributed by atoms with Crippen molar-refractivity contribution < 1.29 is 9.53 Å². The molecule has 2 N–H and O–H groups in total. The first-order valence-electron chi connectivity index (χ1n) is 3.81. The first kappa shape index (κ1) is 11.6. The Morgan fingerprint density at radius 2 is 2.21 bits per heavy atom. The monoisotopic (exact) mass is 325 g/mol. The quantitative estimate of drug-likeness (QED) is 0.490. The van der Waals surface area contributed by atoms with E-state index >= 15 is 0 Å². The molecule has 0 aliphatic heterocycles. The number of aryl methyl sites for hydroxylation is 1. The van der Waals surface area contributed by atoms with Crippen LogP contribution in [-0.2, 0) is 4.74 Å². The maximum absolute atomic E-state index is 11.3. The number of hydrogen-bond donors (Lipinski definition) is 1. The van der Waals surface area contributed by atoms with Crippen molar-refractivity contribution in [2.75, 3.05) is 12.8 Å². The minimum absolute atomic E-state index is 0.348. The molecule has 0 bridgehead atoms. The molecule has 76 valence electrons. The molecule has 0 saturated heterocycles. The van der Waals surface area contributed by atoms with E-state index in [4.69, 9.17) is 17.3 Å². The van der Waals surface area contributed by atoms with Crippen LogP contribution in [0.15, 0.2) is 6.07 Å². The molecule has 0 aromatic heterocycles. The van der Waals surface area contributed by atoms with E-state index in [0.717, 1.165) is 5.56 Å². The third-order valence-electron chi connectivity index (χ3n) is 1.86. The number of benzene rings is 1. The molecule has 1 aromatic rings. The number of nitrogen functional groups attached to an aromatic ring is 1. The molecule has 3 nitrogen and oxygen atoms in total. The molecule has 0 saturated carbocycles. The van der Waals surface area contributed by atoms with Crippen molar-refractivity contribution in [3.8, 4) is 0 Å². The van der Waals surface area contributed by atoms with E-state index in [1.165, 1.54) is 7.11 Å². The summed E-state index contributed by atoms with van der Waals surface area (Å²) >= 11 is 7.96. The predicted octanol–water partition coefficient (Wildman–Crippen LogP) is 2.62. The summed E-state index contributed by atoms with van der Waals surface area (Å²) in [5, 5.41) is 0.348. The van der Waals surface area contributed by atoms with E-state index < -0.39 is 5.97 Å². The minimum Gasteiger partial charge on any atom is -0.465 e. The lowest BCUT2D eigenvalue weighted by Gasteiger charge is -2.09. The van der Waals surface area contributed by atoms with Gasteiger partial charge in [0, 0.05) is 5.69 Å². The van der Waals surface area contributed by atoms with Crippen LogP contribution in [0.3, 0.4) is 0 Å². The number of anilines is 1. The summed E-state index contributed by atoms with van der Waals surface area (Å²) in [7, 11) is 1.32. The van der Waals surface area contributed by atoms with E-state index in [1.54, 1.807) is 6.07 Å². The second kappa shape index (κ2) is 4.35. The fraction of sp³-hybridized carbons (Fsp3) is 0.222. The average Bonchev–Trinajstić information content (AvgIpc) is 2.19. The second-order valence-corrected chi connectivity index (χ2v) is 4.23. The predicted molar refractivity (Wildman–Crippen MR) is 64.7 cm³/mol. The molecule has 0 atom stereocenters.